The summed E-state index contributed by atoms with van der Waals surface area (Å²) in [4.78, 5) is 13.8. The van der Waals surface area contributed by atoms with Crippen molar-refractivity contribution in [2.75, 3.05) is 26.3 Å². The fourth-order valence-electron chi connectivity index (χ4n) is 3.08. The van der Waals surface area contributed by atoms with Crippen LogP contribution < -0.4 is 0 Å². The summed E-state index contributed by atoms with van der Waals surface area (Å²) in [6.07, 6.45) is 1.92. The van der Waals surface area contributed by atoms with Crippen molar-refractivity contribution in [2.24, 2.45) is 5.41 Å². The molecule has 0 atom stereocenters. The van der Waals surface area contributed by atoms with E-state index in [-0.39, 0.29) is 23.7 Å². The molecule has 6 nitrogen and oxygen atoms in total. The van der Waals surface area contributed by atoms with Gasteiger partial charge in [0.25, 0.3) is 0 Å². The summed E-state index contributed by atoms with van der Waals surface area (Å²) >= 11 is 4.19. The van der Waals surface area contributed by atoms with E-state index < -0.39 is 5.60 Å². The van der Waals surface area contributed by atoms with Crippen molar-refractivity contribution in [1.29, 1.82) is 0 Å². The molecule has 2 aliphatic rings. The molecule has 1 aliphatic carbocycles. The molecule has 140 valence electrons. The number of ether oxygens (including phenoxy) is 2. The molecule has 0 bridgehead atoms. The lowest BCUT2D eigenvalue weighted by atomic mass is 9.62. The van der Waals surface area contributed by atoms with E-state index >= 15 is 0 Å². The van der Waals surface area contributed by atoms with Crippen molar-refractivity contribution in [1.82, 2.24) is 4.90 Å². The zero-order valence-electron chi connectivity index (χ0n) is 14.0. The topological polar surface area (TPSA) is 57.2 Å². The number of amides is 1. The lowest BCUT2D eigenvalue weighted by Gasteiger charge is -2.58. The van der Waals surface area contributed by atoms with Gasteiger partial charge in [0.2, 0.25) is 0 Å². The second kappa shape index (κ2) is 9.49. The van der Waals surface area contributed by atoms with Gasteiger partial charge in [-0.1, -0.05) is 0 Å². The van der Waals surface area contributed by atoms with Crippen LogP contribution in [-0.4, -0.2) is 55.1 Å². The molecule has 1 saturated heterocycles. The number of likely N-dealkylation sites (tertiary alicyclic amines) is 1. The normalized spacial score (nSPS) is 20.2. The molecule has 2 fully saturated rings. The van der Waals surface area contributed by atoms with Crippen molar-refractivity contribution < 1.29 is 22.6 Å². The largest absolute Gasteiger partial charge is 0.444 e. The molecule has 2 rings (SSSR count). The van der Waals surface area contributed by atoms with Crippen molar-refractivity contribution in [2.45, 2.75) is 51.4 Å². The first kappa shape index (κ1) is 21.6. The molecule has 1 spiro atoms. The standard InChI is InChI=1S/C14H23I2NO5S2/c1-13(2,3)22-12(18)17-8-14(9-17)4-10(5-14)21-11(6-19-23-15)7-20-24-16/h10-11H,4-9H2,1-3H3. The Morgan fingerprint density at radius 1 is 1.21 bits per heavy atom. The maximum atomic E-state index is 12.0. The number of rotatable bonds is 8. The van der Waals surface area contributed by atoms with Gasteiger partial charge >= 0.3 is 6.09 Å². The molecule has 0 radical (unpaired) electrons. The van der Waals surface area contributed by atoms with E-state index in [0.29, 0.717) is 13.2 Å². The number of carbonyl (C=O) groups excluding carboxylic acids is 1. The minimum absolute atomic E-state index is 0.0566. The molecular weight excluding hydrogens is 580 g/mol. The minimum atomic E-state index is -0.439. The van der Waals surface area contributed by atoms with Crippen LogP contribution in [-0.2, 0) is 17.8 Å². The molecule has 0 N–H and O–H groups in total. The van der Waals surface area contributed by atoms with Gasteiger partial charge in [-0.2, -0.15) is 0 Å². The zero-order chi connectivity index (χ0) is 17.8. The van der Waals surface area contributed by atoms with Crippen LogP contribution >= 0.6 is 60.8 Å². The maximum absolute atomic E-state index is 12.0. The number of halogens is 2. The van der Waals surface area contributed by atoms with Gasteiger partial charge in [-0.15, -0.1) is 0 Å². The van der Waals surface area contributed by atoms with E-state index in [1.807, 2.05) is 20.8 Å². The van der Waals surface area contributed by atoms with Gasteiger partial charge in [0.15, 0.2) is 0 Å². The highest BCUT2D eigenvalue weighted by molar-refractivity contribution is 14.2. The Hall–Kier alpha value is 1.31. The summed E-state index contributed by atoms with van der Waals surface area (Å²) in [5.41, 5.74) is -0.213. The molecule has 1 aliphatic heterocycles. The van der Waals surface area contributed by atoms with Gasteiger partial charge in [0, 0.05) is 60.9 Å². The third-order valence-electron chi connectivity index (χ3n) is 4.01. The first-order valence-electron chi connectivity index (χ1n) is 7.71. The van der Waals surface area contributed by atoms with E-state index in [4.69, 9.17) is 17.8 Å². The van der Waals surface area contributed by atoms with E-state index in [1.165, 1.54) is 18.4 Å². The number of hydrogen-bond donors (Lipinski definition) is 0. The monoisotopic (exact) mass is 603 g/mol. The molecule has 0 unspecified atom stereocenters. The molecule has 10 heteroatoms. The maximum Gasteiger partial charge on any atom is 0.410 e. The predicted octanol–water partition coefficient (Wildman–Crippen LogP) is 4.80. The van der Waals surface area contributed by atoms with Crippen LogP contribution in [0.2, 0.25) is 0 Å². The van der Waals surface area contributed by atoms with Crippen molar-refractivity contribution >= 4 is 66.9 Å². The number of hydrogen-bond acceptors (Lipinski definition) is 7. The predicted molar refractivity (Wildman–Crippen MR) is 113 cm³/mol. The van der Waals surface area contributed by atoms with Gasteiger partial charge in [0.05, 0.1) is 37.7 Å². The molecular formula is C14H23I2NO5S2. The van der Waals surface area contributed by atoms with Crippen LogP contribution in [0.3, 0.4) is 0 Å². The Morgan fingerprint density at radius 2 is 1.75 bits per heavy atom. The fraction of sp³-hybridized carbons (Fsp3) is 0.929. The van der Waals surface area contributed by atoms with Gasteiger partial charge in [-0.25, -0.2) is 4.79 Å². The Bertz CT molecular complexity index is 416. The second-order valence-electron chi connectivity index (χ2n) is 7.32. The smallest absolute Gasteiger partial charge is 0.410 e. The Morgan fingerprint density at radius 3 is 2.21 bits per heavy atom. The molecule has 0 aromatic rings. The summed E-state index contributed by atoms with van der Waals surface area (Å²) in [5, 5.41) is 0. The fourth-order valence-corrected chi connectivity index (χ4v) is 4.37. The summed E-state index contributed by atoms with van der Waals surface area (Å²) < 4.78 is 22.2. The van der Waals surface area contributed by atoms with Crippen LogP contribution in [0.25, 0.3) is 0 Å². The SMILES string of the molecule is CC(C)(C)OC(=O)N1CC2(CC(OC(COSI)COSI)C2)C1. The second-order valence-corrected chi connectivity index (χ2v) is 10.2. The zero-order valence-corrected chi connectivity index (χ0v) is 19.9. The Kier molecular flexibility index (Phi) is 8.54. The number of carbonyl (C=O) groups is 1. The third-order valence-corrected chi connectivity index (χ3v) is 5.98. The van der Waals surface area contributed by atoms with Crippen LogP contribution in [0.1, 0.15) is 33.6 Å². The molecule has 0 aromatic carbocycles. The average Bonchev–Trinajstić information content (AvgIpc) is 2.39. The highest BCUT2D eigenvalue weighted by atomic mass is 127. The van der Waals surface area contributed by atoms with Crippen LogP contribution in [0.4, 0.5) is 4.79 Å². The molecule has 1 heterocycles. The van der Waals surface area contributed by atoms with Gasteiger partial charge in [-0.3, -0.25) is 0 Å². The number of nitrogens with zero attached hydrogens (tertiary/aromatic N) is 1. The van der Waals surface area contributed by atoms with Gasteiger partial charge in [0.1, 0.15) is 11.7 Å². The first-order chi connectivity index (χ1) is 11.3. The van der Waals surface area contributed by atoms with E-state index in [0.717, 1.165) is 25.9 Å². The molecule has 1 amide bonds. The van der Waals surface area contributed by atoms with E-state index in [2.05, 4.69) is 42.4 Å². The lowest BCUT2D eigenvalue weighted by Crippen LogP contribution is -2.66. The highest BCUT2D eigenvalue weighted by Crippen LogP contribution is 2.50. The van der Waals surface area contributed by atoms with Crippen LogP contribution in [0, 0.1) is 5.41 Å². The minimum Gasteiger partial charge on any atom is -0.444 e. The summed E-state index contributed by atoms with van der Waals surface area (Å²) in [5.74, 6) is 0. The molecule has 1 saturated carbocycles. The lowest BCUT2D eigenvalue weighted by molar-refractivity contribution is -0.172. The third kappa shape index (κ3) is 6.48. The van der Waals surface area contributed by atoms with Gasteiger partial charge in [-0.05, 0) is 33.6 Å². The summed E-state index contributed by atoms with van der Waals surface area (Å²) in [6.45, 7) is 8.23. The quantitative estimate of drug-likeness (QED) is 0.292. The Labute approximate surface area is 176 Å². The first-order valence-corrected chi connectivity index (χ1v) is 14.3. The Balaban J connectivity index is 1.68. The molecule has 24 heavy (non-hydrogen) atoms. The molecule has 0 aromatic heterocycles. The van der Waals surface area contributed by atoms with E-state index in [1.54, 1.807) is 4.90 Å². The van der Waals surface area contributed by atoms with E-state index in [9.17, 15) is 4.79 Å². The van der Waals surface area contributed by atoms with Crippen LogP contribution in [0.5, 0.6) is 0 Å². The van der Waals surface area contributed by atoms with Crippen molar-refractivity contribution in [3.63, 3.8) is 0 Å². The van der Waals surface area contributed by atoms with Gasteiger partial charge < -0.3 is 22.7 Å². The summed E-state index contributed by atoms with van der Waals surface area (Å²) in [6, 6.07) is 0. The highest BCUT2D eigenvalue weighted by Gasteiger charge is 2.55. The van der Waals surface area contributed by atoms with Crippen molar-refractivity contribution in [3.8, 4) is 0 Å². The van der Waals surface area contributed by atoms with Crippen LogP contribution in [0.15, 0.2) is 0 Å². The van der Waals surface area contributed by atoms with Crippen molar-refractivity contribution in [3.05, 3.63) is 0 Å². The average molecular weight is 603 g/mol. The summed E-state index contributed by atoms with van der Waals surface area (Å²) in [7, 11) is 2.61.